The number of hydrogen-bond acceptors (Lipinski definition) is 3. The van der Waals surface area contributed by atoms with Gasteiger partial charge in [0.2, 0.25) is 0 Å². The maximum Gasteiger partial charge on any atom is 0.152 e. The Kier molecular flexibility index (Phi) is 2.40. The van der Waals surface area contributed by atoms with Crippen LogP contribution in [0.1, 0.15) is 19.8 Å². The van der Waals surface area contributed by atoms with Crippen LogP contribution in [0.25, 0.3) is 0 Å². The normalized spacial score (nSPS) is 32.6. The van der Waals surface area contributed by atoms with Crippen molar-refractivity contribution in [2.24, 2.45) is 0 Å². The molecule has 2 N–H and O–H groups in total. The van der Waals surface area contributed by atoms with Crippen molar-refractivity contribution in [2.75, 3.05) is 6.54 Å². The average molecular weight is 143 g/mol. The molecule has 1 heterocycles. The van der Waals surface area contributed by atoms with Crippen molar-refractivity contribution in [3.05, 3.63) is 0 Å². The summed E-state index contributed by atoms with van der Waals surface area (Å²) >= 11 is 0. The number of aliphatic hydroxyl groups is 1. The zero-order valence-corrected chi connectivity index (χ0v) is 6.13. The van der Waals surface area contributed by atoms with E-state index in [4.69, 9.17) is 0 Å². The molecule has 0 aromatic heterocycles. The van der Waals surface area contributed by atoms with Crippen LogP contribution in [0.2, 0.25) is 0 Å². The number of aliphatic hydroxyl groups excluding tert-OH is 1. The molecule has 0 spiro atoms. The van der Waals surface area contributed by atoms with Crippen molar-refractivity contribution in [2.45, 2.75) is 31.9 Å². The van der Waals surface area contributed by atoms with E-state index in [9.17, 15) is 9.90 Å². The number of rotatable bonds is 2. The largest absolute Gasteiger partial charge is 0.391 e. The summed E-state index contributed by atoms with van der Waals surface area (Å²) in [4.78, 5) is 11.0. The van der Waals surface area contributed by atoms with Gasteiger partial charge in [-0.25, -0.2) is 0 Å². The summed E-state index contributed by atoms with van der Waals surface area (Å²) in [6, 6.07) is -0.287. The van der Waals surface area contributed by atoms with Gasteiger partial charge < -0.3 is 10.4 Å². The minimum atomic E-state index is -0.451. The van der Waals surface area contributed by atoms with Gasteiger partial charge in [-0.05, 0) is 13.0 Å². The summed E-state index contributed by atoms with van der Waals surface area (Å²) in [5.41, 5.74) is 0. The molecule has 0 amide bonds. The van der Waals surface area contributed by atoms with Crippen molar-refractivity contribution >= 4 is 5.78 Å². The van der Waals surface area contributed by atoms with E-state index in [0.717, 1.165) is 6.54 Å². The molecule has 3 heteroatoms. The number of hydrogen-bond donors (Lipinski definition) is 2. The molecular weight excluding hydrogens is 130 g/mol. The summed E-state index contributed by atoms with van der Waals surface area (Å²) in [5.74, 6) is 0.116. The number of Topliss-reactive ketones (excluding diaryl/α,β-unsaturated/α-hetero) is 1. The summed E-state index contributed by atoms with van der Waals surface area (Å²) in [7, 11) is 0. The van der Waals surface area contributed by atoms with Crippen LogP contribution in [0.4, 0.5) is 0 Å². The van der Waals surface area contributed by atoms with Crippen LogP contribution in [0.5, 0.6) is 0 Å². The molecule has 0 saturated carbocycles. The SMILES string of the molecule is CCC(=O)[C@H]1NCC[C@@H]1O. The molecule has 0 radical (unpaired) electrons. The standard InChI is InChI=1S/C7H13NO2/c1-2-5(9)7-6(10)3-4-8-7/h6-8,10H,2-4H2,1H3/t6-,7+/m0/s1. The van der Waals surface area contributed by atoms with Gasteiger partial charge >= 0.3 is 0 Å². The lowest BCUT2D eigenvalue weighted by Crippen LogP contribution is -2.37. The molecule has 58 valence electrons. The molecule has 2 atom stereocenters. The van der Waals surface area contributed by atoms with Gasteiger partial charge in [0.15, 0.2) is 5.78 Å². The van der Waals surface area contributed by atoms with Gasteiger partial charge in [0.25, 0.3) is 0 Å². The predicted octanol–water partition coefficient (Wildman–Crippen LogP) is -0.312. The first-order chi connectivity index (χ1) is 4.75. The Morgan fingerprint density at radius 1 is 1.80 bits per heavy atom. The number of carbonyl (C=O) groups excluding carboxylic acids is 1. The molecule has 0 aromatic rings. The van der Waals surface area contributed by atoms with Crippen LogP contribution >= 0.6 is 0 Å². The molecule has 3 nitrogen and oxygen atoms in total. The van der Waals surface area contributed by atoms with E-state index in [1.807, 2.05) is 6.92 Å². The van der Waals surface area contributed by atoms with E-state index in [0.29, 0.717) is 12.8 Å². The van der Waals surface area contributed by atoms with Crippen molar-refractivity contribution in [3.8, 4) is 0 Å². The van der Waals surface area contributed by atoms with E-state index in [2.05, 4.69) is 5.32 Å². The predicted molar refractivity (Wildman–Crippen MR) is 37.7 cm³/mol. The minimum Gasteiger partial charge on any atom is -0.391 e. The molecule has 10 heavy (non-hydrogen) atoms. The van der Waals surface area contributed by atoms with Crippen molar-refractivity contribution in [1.29, 1.82) is 0 Å². The molecule has 0 aliphatic carbocycles. The Morgan fingerprint density at radius 2 is 2.50 bits per heavy atom. The van der Waals surface area contributed by atoms with E-state index in [1.165, 1.54) is 0 Å². The Bertz CT molecular complexity index is 136. The maximum atomic E-state index is 11.0. The van der Waals surface area contributed by atoms with Gasteiger partial charge in [-0.2, -0.15) is 0 Å². The smallest absolute Gasteiger partial charge is 0.152 e. The quantitative estimate of drug-likeness (QED) is 0.557. The van der Waals surface area contributed by atoms with Crippen LogP contribution in [0, 0.1) is 0 Å². The van der Waals surface area contributed by atoms with Crippen molar-refractivity contribution < 1.29 is 9.90 Å². The highest BCUT2D eigenvalue weighted by atomic mass is 16.3. The van der Waals surface area contributed by atoms with Crippen LogP contribution in [0.3, 0.4) is 0 Å². The molecule has 1 aliphatic heterocycles. The number of carbonyl (C=O) groups is 1. The Balaban J connectivity index is 2.46. The Hall–Kier alpha value is -0.410. The summed E-state index contributed by atoms with van der Waals surface area (Å²) in [6.45, 7) is 2.58. The van der Waals surface area contributed by atoms with Gasteiger partial charge in [-0.15, -0.1) is 0 Å². The van der Waals surface area contributed by atoms with Crippen molar-refractivity contribution in [1.82, 2.24) is 5.32 Å². The molecule has 0 unspecified atom stereocenters. The van der Waals surface area contributed by atoms with Crippen LogP contribution in [0.15, 0.2) is 0 Å². The third-order valence-corrected chi connectivity index (χ3v) is 1.88. The minimum absolute atomic E-state index is 0.116. The Morgan fingerprint density at radius 3 is 2.90 bits per heavy atom. The molecule has 0 bridgehead atoms. The third-order valence-electron chi connectivity index (χ3n) is 1.88. The summed E-state index contributed by atoms with van der Waals surface area (Å²) < 4.78 is 0. The average Bonchev–Trinajstić information content (AvgIpc) is 2.34. The fraction of sp³-hybridized carbons (Fsp3) is 0.857. The maximum absolute atomic E-state index is 11.0. The monoisotopic (exact) mass is 143 g/mol. The highest BCUT2D eigenvalue weighted by molar-refractivity contribution is 5.84. The van der Waals surface area contributed by atoms with Gasteiger partial charge in [-0.3, -0.25) is 4.79 Å². The van der Waals surface area contributed by atoms with Crippen LogP contribution < -0.4 is 5.32 Å². The first-order valence-corrected chi connectivity index (χ1v) is 3.70. The van der Waals surface area contributed by atoms with Crippen LogP contribution in [-0.2, 0) is 4.79 Å². The van der Waals surface area contributed by atoms with E-state index < -0.39 is 6.10 Å². The molecule has 1 fully saturated rings. The number of ketones is 1. The van der Waals surface area contributed by atoms with Gasteiger partial charge in [0, 0.05) is 6.42 Å². The lowest BCUT2D eigenvalue weighted by Gasteiger charge is -2.10. The molecule has 0 aromatic carbocycles. The van der Waals surface area contributed by atoms with Gasteiger partial charge in [-0.1, -0.05) is 6.92 Å². The number of nitrogens with one attached hydrogen (secondary N) is 1. The zero-order chi connectivity index (χ0) is 7.56. The van der Waals surface area contributed by atoms with Gasteiger partial charge in [0.1, 0.15) is 0 Å². The van der Waals surface area contributed by atoms with E-state index in [1.54, 1.807) is 0 Å². The zero-order valence-electron chi connectivity index (χ0n) is 6.13. The lowest BCUT2D eigenvalue weighted by molar-refractivity contribution is -0.122. The summed E-state index contributed by atoms with van der Waals surface area (Å²) in [5, 5.41) is 12.2. The second-order valence-corrected chi connectivity index (χ2v) is 2.61. The van der Waals surface area contributed by atoms with Crippen LogP contribution in [-0.4, -0.2) is 29.6 Å². The third kappa shape index (κ3) is 1.36. The van der Waals surface area contributed by atoms with E-state index in [-0.39, 0.29) is 11.8 Å². The topological polar surface area (TPSA) is 49.3 Å². The summed E-state index contributed by atoms with van der Waals surface area (Å²) in [6.07, 6.45) is 0.762. The lowest BCUT2D eigenvalue weighted by atomic mass is 10.1. The molecule has 1 saturated heterocycles. The molecule has 1 aliphatic rings. The highest BCUT2D eigenvalue weighted by Crippen LogP contribution is 2.08. The highest BCUT2D eigenvalue weighted by Gasteiger charge is 2.29. The first-order valence-electron chi connectivity index (χ1n) is 3.70. The van der Waals surface area contributed by atoms with Crippen molar-refractivity contribution in [3.63, 3.8) is 0 Å². The molecular formula is C7H13NO2. The fourth-order valence-electron chi connectivity index (χ4n) is 1.24. The fourth-order valence-corrected chi connectivity index (χ4v) is 1.24. The van der Waals surface area contributed by atoms with E-state index >= 15 is 0 Å². The van der Waals surface area contributed by atoms with Gasteiger partial charge in [0.05, 0.1) is 12.1 Å². The Labute approximate surface area is 60.4 Å². The second kappa shape index (κ2) is 3.12. The second-order valence-electron chi connectivity index (χ2n) is 2.61. The molecule has 1 rings (SSSR count). The first kappa shape index (κ1) is 7.69.